The number of sulfonamides is 1. The van der Waals surface area contributed by atoms with E-state index in [4.69, 9.17) is 9.72 Å². The topological polar surface area (TPSA) is 95.1 Å². The first-order valence-corrected chi connectivity index (χ1v) is 14.1. The van der Waals surface area contributed by atoms with Crippen molar-refractivity contribution in [2.24, 2.45) is 5.92 Å². The van der Waals surface area contributed by atoms with E-state index < -0.39 is 10.0 Å². The quantitative estimate of drug-likeness (QED) is 0.361. The maximum absolute atomic E-state index is 13.5. The lowest BCUT2D eigenvalue weighted by molar-refractivity contribution is 0.0611. The Labute approximate surface area is 218 Å². The summed E-state index contributed by atoms with van der Waals surface area (Å²) in [5, 5.41) is 7.76. The first-order chi connectivity index (χ1) is 17.6. The molecule has 5 rings (SSSR count). The van der Waals surface area contributed by atoms with Gasteiger partial charge < -0.3 is 9.30 Å². The molecule has 4 aromatic rings. The second-order valence-corrected chi connectivity index (χ2v) is 12.7. The molecular weight excluding hydrogens is 488 g/mol. The number of nitrogens with zero attached hydrogens (tertiary/aromatic N) is 6. The maximum atomic E-state index is 13.5. The van der Waals surface area contributed by atoms with E-state index in [0.29, 0.717) is 18.2 Å². The van der Waals surface area contributed by atoms with Crippen molar-refractivity contribution in [3.63, 3.8) is 0 Å². The minimum absolute atomic E-state index is 0.143. The van der Waals surface area contributed by atoms with Crippen molar-refractivity contribution in [2.75, 3.05) is 24.6 Å². The van der Waals surface area contributed by atoms with Crippen molar-refractivity contribution in [3.05, 3.63) is 66.2 Å². The van der Waals surface area contributed by atoms with Gasteiger partial charge in [0.25, 0.3) is 10.0 Å². The number of fused-ring (bicyclic) bond motifs is 1. The molecule has 9 nitrogen and oxygen atoms in total. The minimum Gasteiger partial charge on any atom is -0.381 e. The van der Waals surface area contributed by atoms with Gasteiger partial charge in [0.2, 0.25) is 0 Å². The zero-order chi connectivity index (χ0) is 26.2. The van der Waals surface area contributed by atoms with Gasteiger partial charge in [0.1, 0.15) is 5.82 Å². The lowest BCUT2D eigenvalue weighted by Gasteiger charge is -2.26. The standard InChI is InChI=1S/C27H34N6O3S/c1-27(2,3)26-29-24-17-22(7-10-25(24)33(26)19-21-11-15-36-16-12-21)31(4)37(34,35)23-8-5-20(6-9-23)18-32-14-13-28-30-32/h5-10,13-14,17,21H,11-12,15-16,18-19H2,1-4H3. The van der Waals surface area contributed by atoms with Gasteiger partial charge in [-0.1, -0.05) is 38.1 Å². The Balaban J connectivity index is 1.43. The van der Waals surface area contributed by atoms with Gasteiger partial charge in [-0.15, -0.1) is 5.10 Å². The summed E-state index contributed by atoms with van der Waals surface area (Å²) >= 11 is 0. The van der Waals surface area contributed by atoms with Gasteiger partial charge in [-0.25, -0.2) is 18.1 Å². The number of ether oxygens (including phenoxy) is 1. The van der Waals surface area contributed by atoms with Crippen LogP contribution in [0.25, 0.3) is 11.0 Å². The molecule has 0 aliphatic carbocycles. The van der Waals surface area contributed by atoms with Crippen LogP contribution in [0.5, 0.6) is 0 Å². The van der Waals surface area contributed by atoms with E-state index >= 15 is 0 Å². The number of anilines is 1. The predicted molar refractivity (Wildman–Crippen MR) is 143 cm³/mol. The van der Waals surface area contributed by atoms with E-state index in [9.17, 15) is 8.42 Å². The van der Waals surface area contributed by atoms with Gasteiger partial charge in [0, 0.05) is 38.4 Å². The summed E-state index contributed by atoms with van der Waals surface area (Å²) in [6.07, 6.45) is 5.47. The van der Waals surface area contributed by atoms with Crippen molar-refractivity contribution in [2.45, 2.75) is 57.0 Å². The maximum Gasteiger partial charge on any atom is 0.264 e. The summed E-state index contributed by atoms with van der Waals surface area (Å²) in [6, 6.07) is 12.6. The van der Waals surface area contributed by atoms with E-state index in [2.05, 4.69) is 35.7 Å². The molecule has 196 valence electrons. The Morgan fingerprint density at radius 2 is 1.81 bits per heavy atom. The van der Waals surface area contributed by atoms with Crippen LogP contribution in [-0.4, -0.2) is 53.2 Å². The zero-order valence-electron chi connectivity index (χ0n) is 21.8. The second kappa shape index (κ2) is 9.90. The van der Waals surface area contributed by atoms with Gasteiger partial charge in [-0.3, -0.25) is 4.31 Å². The van der Waals surface area contributed by atoms with Crippen molar-refractivity contribution in [3.8, 4) is 0 Å². The number of imidazole rings is 1. The molecule has 1 fully saturated rings. The molecule has 0 radical (unpaired) electrons. The SMILES string of the molecule is CN(c1ccc2c(c1)nc(C(C)(C)C)n2CC1CCOCC1)S(=O)(=O)c1ccc(Cn2ccnn2)cc1. The number of aromatic nitrogens is 5. The molecule has 1 aliphatic heterocycles. The first-order valence-electron chi connectivity index (χ1n) is 12.6. The van der Waals surface area contributed by atoms with E-state index in [1.165, 1.54) is 4.31 Å². The highest BCUT2D eigenvalue weighted by Gasteiger charge is 2.27. The fraction of sp³-hybridized carbons (Fsp3) is 0.444. The summed E-state index contributed by atoms with van der Waals surface area (Å²) in [6.45, 7) is 9.52. The van der Waals surface area contributed by atoms with E-state index in [0.717, 1.165) is 55.0 Å². The van der Waals surface area contributed by atoms with Crippen molar-refractivity contribution >= 4 is 26.7 Å². The third-order valence-corrected chi connectivity index (χ3v) is 8.75. The molecule has 3 heterocycles. The van der Waals surface area contributed by atoms with Crippen LogP contribution < -0.4 is 4.31 Å². The average Bonchev–Trinajstić information content (AvgIpc) is 3.52. The van der Waals surface area contributed by atoms with Crippen LogP contribution in [0.4, 0.5) is 5.69 Å². The molecule has 0 spiro atoms. The summed E-state index contributed by atoms with van der Waals surface area (Å²) in [7, 11) is -2.16. The molecule has 0 bridgehead atoms. The summed E-state index contributed by atoms with van der Waals surface area (Å²) < 4.78 is 37.8. The highest BCUT2D eigenvalue weighted by molar-refractivity contribution is 7.92. The Kier molecular flexibility index (Phi) is 6.80. The van der Waals surface area contributed by atoms with Gasteiger partial charge >= 0.3 is 0 Å². The van der Waals surface area contributed by atoms with Crippen molar-refractivity contribution in [1.82, 2.24) is 24.5 Å². The molecule has 0 amide bonds. The molecule has 0 atom stereocenters. The molecule has 0 saturated carbocycles. The Hall–Kier alpha value is -3.24. The molecule has 10 heteroatoms. The molecular formula is C27H34N6O3S. The summed E-state index contributed by atoms with van der Waals surface area (Å²) in [5.41, 5.74) is 3.22. The smallest absolute Gasteiger partial charge is 0.264 e. The normalized spacial score (nSPS) is 15.4. The zero-order valence-corrected chi connectivity index (χ0v) is 22.6. The van der Waals surface area contributed by atoms with Crippen LogP contribution in [0.15, 0.2) is 59.8 Å². The number of rotatable bonds is 7. The lowest BCUT2D eigenvalue weighted by atomic mass is 9.94. The molecule has 2 aromatic carbocycles. The van der Waals surface area contributed by atoms with E-state index in [1.54, 1.807) is 48.4 Å². The molecule has 0 N–H and O–H groups in total. The fourth-order valence-corrected chi connectivity index (χ4v) is 6.01. The summed E-state index contributed by atoms with van der Waals surface area (Å²) in [4.78, 5) is 5.23. The Morgan fingerprint density at radius 3 is 2.46 bits per heavy atom. The van der Waals surface area contributed by atoms with Crippen LogP contribution in [-0.2, 0) is 33.3 Å². The number of hydrogen-bond acceptors (Lipinski definition) is 6. The first kappa shape index (κ1) is 25.4. The second-order valence-electron chi connectivity index (χ2n) is 10.7. The van der Waals surface area contributed by atoms with Crippen molar-refractivity contribution < 1.29 is 13.2 Å². The third kappa shape index (κ3) is 5.26. The predicted octanol–water partition coefficient (Wildman–Crippen LogP) is 4.23. The molecule has 37 heavy (non-hydrogen) atoms. The summed E-state index contributed by atoms with van der Waals surface area (Å²) in [5.74, 6) is 1.56. The largest absolute Gasteiger partial charge is 0.381 e. The van der Waals surface area contributed by atoms with Gasteiger partial charge in [0.05, 0.1) is 34.4 Å². The molecule has 1 saturated heterocycles. The van der Waals surface area contributed by atoms with Crippen LogP contribution >= 0.6 is 0 Å². The van der Waals surface area contributed by atoms with Crippen LogP contribution in [0.2, 0.25) is 0 Å². The van der Waals surface area contributed by atoms with Crippen LogP contribution in [0, 0.1) is 5.92 Å². The van der Waals surface area contributed by atoms with Gasteiger partial charge in [0.15, 0.2) is 0 Å². The van der Waals surface area contributed by atoms with Crippen LogP contribution in [0.1, 0.15) is 45.0 Å². The van der Waals surface area contributed by atoms with Crippen molar-refractivity contribution in [1.29, 1.82) is 0 Å². The van der Waals surface area contributed by atoms with Gasteiger partial charge in [-0.05, 0) is 54.7 Å². The molecule has 0 unspecified atom stereocenters. The molecule has 1 aliphatic rings. The number of benzene rings is 2. The third-order valence-electron chi connectivity index (χ3n) is 6.95. The molecule has 2 aromatic heterocycles. The highest BCUT2D eigenvalue weighted by atomic mass is 32.2. The average molecular weight is 523 g/mol. The highest BCUT2D eigenvalue weighted by Crippen LogP contribution is 2.32. The number of hydrogen-bond donors (Lipinski definition) is 0. The van der Waals surface area contributed by atoms with Crippen LogP contribution in [0.3, 0.4) is 0 Å². The minimum atomic E-state index is -3.74. The van der Waals surface area contributed by atoms with E-state index in [1.807, 2.05) is 18.2 Å². The fourth-order valence-electron chi connectivity index (χ4n) is 4.83. The Morgan fingerprint density at radius 1 is 1.08 bits per heavy atom. The monoisotopic (exact) mass is 522 g/mol. The van der Waals surface area contributed by atoms with E-state index in [-0.39, 0.29) is 10.3 Å². The lowest BCUT2D eigenvalue weighted by Crippen LogP contribution is -2.26. The van der Waals surface area contributed by atoms with Gasteiger partial charge in [-0.2, -0.15) is 0 Å². The Bertz CT molecular complexity index is 1470.